The van der Waals surface area contributed by atoms with Crippen LogP contribution >= 0.6 is 0 Å². The Morgan fingerprint density at radius 1 is 0.740 bits per heavy atom. The topological polar surface area (TPSA) is 114 Å². The van der Waals surface area contributed by atoms with Crippen LogP contribution in [0.2, 0.25) is 0 Å². The second kappa shape index (κ2) is 15.9. The molecule has 3 amide bonds. The molecule has 3 aromatic carbocycles. The van der Waals surface area contributed by atoms with E-state index in [0.29, 0.717) is 12.0 Å². The van der Waals surface area contributed by atoms with E-state index < -0.39 is 53.2 Å². The van der Waals surface area contributed by atoms with Gasteiger partial charge in [-0.05, 0) is 95.5 Å². The highest BCUT2D eigenvalue weighted by Crippen LogP contribution is 2.42. The monoisotopic (exact) mass is 683 g/mol. The number of carbonyl (C=O) groups excluding carboxylic acids is 4. The molecule has 3 aromatic rings. The first-order valence-corrected chi connectivity index (χ1v) is 17.4. The van der Waals surface area contributed by atoms with E-state index in [1.165, 1.54) is 0 Å². The molecule has 0 aliphatic heterocycles. The van der Waals surface area contributed by atoms with Crippen LogP contribution in [0.1, 0.15) is 88.7 Å². The highest BCUT2D eigenvalue weighted by Gasteiger charge is 2.49. The van der Waals surface area contributed by atoms with E-state index in [4.69, 9.17) is 9.47 Å². The number of ether oxygens (including phenoxy) is 2. The van der Waals surface area contributed by atoms with Crippen LogP contribution in [0, 0.1) is 19.8 Å². The number of nitrogens with zero attached hydrogens (tertiary/aromatic N) is 1. The van der Waals surface area contributed by atoms with Crippen LogP contribution < -0.4 is 10.6 Å². The Morgan fingerprint density at radius 2 is 1.26 bits per heavy atom. The molecule has 1 fully saturated rings. The molecule has 2 N–H and O–H groups in total. The van der Waals surface area contributed by atoms with Gasteiger partial charge < -0.3 is 25.0 Å². The van der Waals surface area contributed by atoms with Crippen molar-refractivity contribution < 1.29 is 28.7 Å². The quantitative estimate of drug-likeness (QED) is 0.203. The van der Waals surface area contributed by atoms with E-state index in [0.717, 1.165) is 22.3 Å². The third kappa shape index (κ3) is 10.7. The van der Waals surface area contributed by atoms with E-state index in [-0.39, 0.29) is 24.8 Å². The van der Waals surface area contributed by atoms with Gasteiger partial charge in [0.05, 0.1) is 0 Å². The van der Waals surface area contributed by atoms with Gasteiger partial charge in [0.2, 0.25) is 11.8 Å². The highest BCUT2D eigenvalue weighted by atomic mass is 16.6. The summed E-state index contributed by atoms with van der Waals surface area (Å²) in [6.07, 6.45) is 0.346. The zero-order chi connectivity index (χ0) is 36.8. The van der Waals surface area contributed by atoms with Crippen LogP contribution in [-0.2, 0) is 36.7 Å². The third-order valence-electron chi connectivity index (χ3n) is 8.71. The molecule has 268 valence electrons. The van der Waals surface area contributed by atoms with Gasteiger partial charge in [-0.3, -0.25) is 9.59 Å². The van der Waals surface area contributed by atoms with Gasteiger partial charge in [-0.25, -0.2) is 9.59 Å². The lowest BCUT2D eigenvalue weighted by Gasteiger charge is -2.36. The summed E-state index contributed by atoms with van der Waals surface area (Å²) in [4.78, 5) is 58.3. The Balaban J connectivity index is 1.80. The molecule has 9 nitrogen and oxygen atoms in total. The predicted molar refractivity (Wildman–Crippen MR) is 194 cm³/mol. The maximum atomic E-state index is 15.0. The van der Waals surface area contributed by atoms with Crippen molar-refractivity contribution in [2.24, 2.45) is 5.92 Å². The fourth-order valence-corrected chi connectivity index (χ4v) is 6.01. The molecule has 0 radical (unpaired) electrons. The molecule has 4 rings (SSSR count). The van der Waals surface area contributed by atoms with Gasteiger partial charge in [0.25, 0.3) is 0 Å². The van der Waals surface area contributed by atoms with Crippen molar-refractivity contribution in [1.29, 1.82) is 0 Å². The number of carbonyl (C=O) groups is 4. The smallest absolute Gasteiger partial charge is 0.408 e. The summed E-state index contributed by atoms with van der Waals surface area (Å²) in [5, 5.41) is 5.84. The zero-order valence-corrected chi connectivity index (χ0v) is 30.9. The minimum absolute atomic E-state index is 0.115. The van der Waals surface area contributed by atoms with E-state index in [9.17, 15) is 19.2 Å². The number of hydrogen-bond donors (Lipinski definition) is 2. The van der Waals surface area contributed by atoms with Gasteiger partial charge in [-0.15, -0.1) is 0 Å². The molecular formula is C41H53N3O6. The fraction of sp³-hybridized carbons (Fsp3) is 0.463. The van der Waals surface area contributed by atoms with Crippen molar-refractivity contribution in [1.82, 2.24) is 15.5 Å². The Bertz CT molecular complexity index is 1640. The number of rotatable bonds is 12. The average Bonchev–Trinajstić information content (AvgIpc) is 3.75. The van der Waals surface area contributed by atoms with Crippen LogP contribution in [0.3, 0.4) is 0 Å². The minimum atomic E-state index is -1.10. The van der Waals surface area contributed by atoms with Gasteiger partial charge in [-0.1, -0.05) is 85.8 Å². The van der Waals surface area contributed by atoms with E-state index in [1.54, 1.807) is 46.4 Å². The van der Waals surface area contributed by atoms with Crippen LogP contribution in [0.4, 0.5) is 4.79 Å². The summed E-state index contributed by atoms with van der Waals surface area (Å²) < 4.78 is 11.4. The van der Waals surface area contributed by atoms with Crippen molar-refractivity contribution in [2.75, 3.05) is 0 Å². The van der Waals surface area contributed by atoms with E-state index in [1.807, 2.05) is 99.6 Å². The minimum Gasteiger partial charge on any atom is -0.458 e. The lowest BCUT2D eigenvalue weighted by atomic mass is 9.93. The van der Waals surface area contributed by atoms with Crippen LogP contribution in [0.25, 0.3) is 0 Å². The molecule has 1 aliphatic carbocycles. The molecule has 5 atom stereocenters. The first kappa shape index (κ1) is 38.1. The predicted octanol–water partition coefficient (Wildman–Crippen LogP) is 6.79. The molecule has 1 saturated carbocycles. The summed E-state index contributed by atoms with van der Waals surface area (Å²) in [5.74, 6) is -1.37. The zero-order valence-electron chi connectivity index (χ0n) is 30.9. The second-order valence-electron chi connectivity index (χ2n) is 15.4. The summed E-state index contributed by atoms with van der Waals surface area (Å²) in [6.45, 7) is 16.6. The molecule has 0 saturated heterocycles. The number of esters is 1. The molecule has 0 spiro atoms. The second-order valence-corrected chi connectivity index (χ2v) is 15.4. The maximum Gasteiger partial charge on any atom is 0.408 e. The normalized spacial score (nSPS) is 17.5. The van der Waals surface area contributed by atoms with Crippen molar-refractivity contribution in [3.05, 3.63) is 107 Å². The fourth-order valence-electron chi connectivity index (χ4n) is 6.01. The summed E-state index contributed by atoms with van der Waals surface area (Å²) in [7, 11) is 0. The molecule has 5 unspecified atom stereocenters. The van der Waals surface area contributed by atoms with Crippen LogP contribution in [-0.4, -0.2) is 58.1 Å². The molecule has 0 heterocycles. The standard InChI is InChI=1S/C41H53N3O6/c1-26-17-16-22-31(28(26)3)35(36(45)42-33(38(47)49-40(4,5)6)25-30-20-14-11-15-21-30)44(34-23-27(34)2)37(46)32(24-29-18-12-10-13-19-29)43-39(48)50-41(7,8)9/h10-22,27,32-35H,23-25H2,1-9H3,(H,42,45)(H,43,48). The molecule has 50 heavy (non-hydrogen) atoms. The van der Waals surface area contributed by atoms with Crippen molar-refractivity contribution >= 4 is 23.9 Å². The first-order valence-electron chi connectivity index (χ1n) is 17.4. The largest absolute Gasteiger partial charge is 0.458 e. The van der Waals surface area contributed by atoms with E-state index in [2.05, 4.69) is 10.6 Å². The number of benzene rings is 3. The average molecular weight is 684 g/mol. The van der Waals surface area contributed by atoms with E-state index >= 15 is 0 Å². The third-order valence-corrected chi connectivity index (χ3v) is 8.71. The molecular weight excluding hydrogens is 630 g/mol. The van der Waals surface area contributed by atoms with Crippen LogP contribution in [0.5, 0.6) is 0 Å². The Morgan fingerprint density at radius 3 is 1.76 bits per heavy atom. The van der Waals surface area contributed by atoms with Gasteiger partial charge in [0.15, 0.2) is 0 Å². The summed E-state index contributed by atoms with van der Waals surface area (Å²) in [5.41, 5.74) is 2.57. The number of nitrogens with one attached hydrogen (secondary N) is 2. The van der Waals surface area contributed by atoms with Gasteiger partial charge in [0, 0.05) is 18.9 Å². The van der Waals surface area contributed by atoms with Crippen LogP contribution in [0.15, 0.2) is 78.9 Å². The molecule has 0 bridgehead atoms. The number of hydrogen-bond acceptors (Lipinski definition) is 6. The summed E-state index contributed by atoms with van der Waals surface area (Å²) in [6, 6.07) is 21.1. The SMILES string of the molecule is Cc1cccc(C(C(=O)NC(Cc2ccccc2)C(=O)OC(C)(C)C)N(C(=O)C(Cc2ccccc2)NC(=O)OC(C)(C)C)C2CC2C)c1C. The van der Waals surface area contributed by atoms with Crippen molar-refractivity contribution in [3.63, 3.8) is 0 Å². The Labute approximate surface area is 297 Å². The van der Waals surface area contributed by atoms with Crippen molar-refractivity contribution in [2.45, 2.75) is 117 Å². The molecule has 9 heteroatoms. The Kier molecular flexibility index (Phi) is 12.1. The summed E-state index contributed by atoms with van der Waals surface area (Å²) >= 11 is 0. The van der Waals surface area contributed by atoms with Crippen molar-refractivity contribution in [3.8, 4) is 0 Å². The lowest BCUT2D eigenvalue weighted by molar-refractivity contribution is -0.159. The Hall–Kier alpha value is -4.66. The van der Waals surface area contributed by atoms with Gasteiger partial charge in [-0.2, -0.15) is 0 Å². The number of amides is 3. The number of aryl methyl sites for hydroxylation is 1. The first-order chi connectivity index (χ1) is 23.4. The molecule has 1 aliphatic rings. The lowest BCUT2D eigenvalue weighted by Crippen LogP contribution is -2.56. The maximum absolute atomic E-state index is 15.0. The highest BCUT2D eigenvalue weighted by molar-refractivity contribution is 5.94. The molecule has 0 aromatic heterocycles. The van der Waals surface area contributed by atoms with Gasteiger partial charge in [0.1, 0.15) is 29.3 Å². The van der Waals surface area contributed by atoms with Gasteiger partial charge >= 0.3 is 12.1 Å². The number of alkyl carbamates (subject to hydrolysis) is 1.